The molecule has 3 heterocycles. The molecule has 0 bridgehead atoms. The number of nitrogens with one attached hydrogen (secondary N) is 1. The van der Waals surface area contributed by atoms with Crippen LogP contribution in [0, 0.1) is 18.3 Å². The summed E-state index contributed by atoms with van der Waals surface area (Å²) in [4.78, 5) is 33.3. The van der Waals surface area contributed by atoms with E-state index in [1.54, 1.807) is 17.5 Å². The van der Waals surface area contributed by atoms with Crippen LogP contribution in [-0.2, 0) is 13.0 Å². The Labute approximate surface area is 199 Å². The van der Waals surface area contributed by atoms with Crippen molar-refractivity contribution in [1.29, 1.82) is 5.26 Å². The largest absolute Gasteiger partial charge is 0.366 e. The van der Waals surface area contributed by atoms with Crippen LogP contribution < -0.4 is 11.1 Å². The minimum absolute atomic E-state index is 0.00906. The van der Waals surface area contributed by atoms with Crippen molar-refractivity contribution in [3.8, 4) is 6.07 Å². The van der Waals surface area contributed by atoms with Crippen LogP contribution >= 0.6 is 11.3 Å². The zero-order valence-electron chi connectivity index (χ0n) is 19.3. The van der Waals surface area contributed by atoms with Gasteiger partial charge in [0.2, 0.25) is 0 Å². The van der Waals surface area contributed by atoms with Crippen molar-refractivity contribution in [2.24, 2.45) is 5.73 Å². The van der Waals surface area contributed by atoms with Gasteiger partial charge in [0, 0.05) is 37.9 Å². The minimum Gasteiger partial charge on any atom is -0.366 e. The molecule has 0 saturated carbocycles. The number of aryl methyl sites for hydroxylation is 2. The van der Waals surface area contributed by atoms with Gasteiger partial charge in [-0.25, -0.2) is 4.79 Å². The average molecular weight is 469 g/mol. The molecule has 3 amide bonds. The third kappa shape index (κ3) is 6.53. The first-order valence-electron chi connectivity index (χ1n) is 11.3. The maximum atomic E-state index is 12.7. The number of likely N-dealkylation sites (tertiary alicyclic amines) is 1. The third-order valence-electron chi connectivity index (χ3n) is 6.36. The van der Waals surface area contributed by atoms with Gasteiger partial charge >= 0.3 is 6.03 Å². The molecule has 2 aromatic heterocycles. The van der Waals surface area contributed by atoms with Crippen LogP contribution in [-0.4, -0.2) is 58.4 Å². The second kappa shape index (κ2) is 11.8. The van der Waals surface area contributed by atoms with Gasteiger partial charge in [-0.1, -0.05) is 0 Å². The Kier molecular flexibility index (Phi) is 8.80. The number of piperidine rings is 1. The Hall–Kier alpha value is -2.96. The predicted molar refractivity (Wildman–Crippen MR) is 129 cm³/mol. The first kappa shape index (κ1) is 24.7. The van der Waals surface area contributed by atoms with Gasteiger partial charge in [0.15, 0.2) is 0 Å². The van der Waals surface area contributed by atoms with Crippen molar-refractivity contribution >= 4 is 23.3 Å². The molecule has 3 N–H and O–H groups in total. The first-order valence-corrected chi connectivity index (χ1v) is 12.3. The number of rotatable bonds is 9. The number of thiophene rings is 1. The second-order valence-electron chi connectivity index (χ2n) is 8.54. The number of carbonyl (C=O) groups excluding carboxylic acids is 2. The van der Waals surface area contributed by atoms with E-state index in [2.05, 4.69) is 27.5 Å². The fourth-order valence-electron chi connectivity index (χ4n) is 4.47. The normalized spacial score (nSPS) is 15.5. The molecule has 1 fully saturated rings. The van der Waals surface area contributed by atoms with Gasteiger partial charge in [-0.15, -0.1) is 0 Å². The molecule has 1 saturated heterocycles. The predicted octanol–water partition coefficient (Wildman–Crippen LogP) is 3.07. The number of urea groups is 1. The van der Waals surface area contributed by atoms with Crippen LogP contribution in [0.5, 0.6) is 0 Å². The second-order valence-corrected chi connectivity index (χ2v) is 9.32. The van der Waals surface area contributed by atoms with Gasteiger partial charge in [-0.05, 0) is 73.6 Å². The average Bonchev–Trinajstić information content (AvgIpc) is 3.32. The molecule has 1 atom stereocenters. The lowest BCUT2D eigenvalue weighted by atomic mass is 9.98. The third-order valence-corrected chi connectivity index (χ3v) is 7.09. The summed E-state index contributed by atoms with van der Waals surface area (Å²) in [5.74, 6) is -0.426. The zero-order valence-corrected chi connectivity index (χ0v) is 20.1. The molecule has 0 aliphatic carbocycles. The van der Waals surface area contributed by atoms with Gasteiger partial charge < -0.3 is 20.9 Å². The quantitative estimate of drug-likeness (QED) is 0.549. The Morgan fingerprint density at radius 2 is 2.15 bits per heavy atom. The summed E-state index contributed by atoms with van der Waals surface area (Å²) in [5, 5.41) is 15.6. The van der Waals surface area contributed by atoms with Gasteiger partial charge in [0.05, 0.1) is 17.3 Å². The Morgan fingerprint density at radius 1 is 1.39 bits per heavy atom. The van der Waals surface area contributed by atoms with Crippen LogP contribution in [0.1, 0.15) is 53.4 Å². The smallest absolute Gasteiger partial charge is 0.318 e. The molecular weight excluding hydrogens is 436 g/mol. The van der Waals surface area contributed by atoms with E-state index in [9.17, 15) is 9.59 Å². The van der Waals surface area contributed by atoms with Crippen LogP contribution in [0.25, 0.3) is 0 Å². The number of primary amides is 1. The van der Waals surface area contributed by atoms with E-state index in [1.807, 2.05) is 35.4 Å². The van der Waals surface area contributed by atoms with Crippen LogP contribution in [0.15, 0.2) is 29.1 Å². The number of hydrogen-bond acceptors (Lipinski definition) is 6. The molecule has 0 radical (unpaired) electrons. The van der Waals surface area contributed by atoms with Gasteiger partial charge in [0.1, 0.15) is 6.54 Å². The highest BCUT2D eigenvalue weighted by molar-refractivity contribution is 7.07. The number of pyridine rings is 1. The molecule has 33 heavy (non-hydrogen) atoms. The summed E-state index contributed by atoms with van der Waals surface area (Å²) in [6.07, 6.45) is 5.06. The molecule has 1 aliphatic rings. The SMILES string of the molecule is Cc1ccnc(CC[C@@H](C)N2CCC(N(Cc3ccsc3)C(=O)NCC#N)CC2)c1C(N)=O. The lowest BCUT2D eigenvalue weighted by Gasteiger charge is -2.40. The fourth-order valence-corrected chi connectivity index (χ4v) is 5.13. The monoisotopic (exact) mass is 468 g/mol. The first-order chi connectivity index (χ1) is 15.9. The van der Waals surface area contributed by atoms with Crippen molar-refractivity contribution in [2.45, 2.75) is 58.2 Å². The van der Waals surface area contributed by atoms with E-state index in [0.717, 1.165) is 49.2 Å². The van der Waals surface area contributed by atoms with Crippen molar-refractivity contribution in [1.82, 2.24) is 20.1 Å². The zero-order chi connectivity index (χ0) is 23.8. The summed E-state index contributed by atoms with van der Waals surface area (Å²) < 4.78 is 0. The standard InChI is InChI=1S/C24H32N6O2S/c1-17-5-10-27-21(22(17)23(26)31)4-3-18(2)29-12-6-20(7-13-29)30(24(32)28-11-9-25)15-19-8-14-33-16-19/h5,8,10,14,16,18,20H,3-4,6-7,11-13,15H2,1-2H3,(H2,26,31)(H,28,32)/t18-/m1/s1. The number of hydrogen-bond donors (Lipinski definition) is 2. The summed E-state index contributed by atoms with van der Waals surface area (Å²) in [6, 6.07) is 6.10. The van der Waals surface area contributed by atoms with E-state index in [0.29, 0.717) is 24.6 Å². The number of carbonyl (C=O) groups is 2. The summed E-state index contributed by atoms with van der Waals surface area (Å²) >= 11 is 1.62. The van der Waals surface area contributed by atoms with Crippen molar-refractivity contribution < 1.29 is 9.59 Å². The molecule has 1 aliphatic heterocycles. The van der Waals surface area contributed by atoms with E-state index >= 15 is 0 Å². The molecule has 8 nitrogen and oxygen atoms in total. The highest BCUT2D eigenvalue weighted by Gasteiger charge is 2.30. The molecule has 0 aromatic carbocycles. The number of nitrogens with two attached hydrogens (primary N) is 1. The lowest BCUT2D eigenvalue weighted by Crippen LogP contribution is -2.51. The molecule has 3 rings (SSSR count). The van der Waals surface area contributed by atoms with Gasteiger partial charge in [-0.3, -0.25) is 9.78 Å². The van der Waals surface area contributed by atoms with E-state index in [-0.39, 0.29) is 18.6 Å². The topological polar surface area (TPSA) is 115 Å². The lowest BCUT2D eigenvalue weighted by molar-refractivity contribution is 0.0947. The van der Waals surface area contributed by atoms with Gasteiger partial charge in [-0.2, -0.15) is 16.6 Å². The van der Waals surface area contributed by atoms with E-state index in [4.69, 9.17) is 11.0 Å². The number of nitriles is 1. The maximum Gasteiger partial charge on any atom is 0.318 e. The summed E-state index contributed by atoms with van der Waals surface area (Å²) in [5.41, 5.74) is 8.84. The number of aromatic nitrogens is 1. The Morgan fingerprint density at radius 3 is 2.79 bits per heavy atom. The van der Waals surface area contributed by atoms with E-state index < -0.39 is 5.91 Å². The molecule has 2 aromatic rings. The van der Waals surface area contributed by atoms with Crippen molar-refractivity contribution in [3.63, 3.8) is 0 Å². The summed E-state index contributed by atoms with van der Waals surface area (Å²) in [6.45, 7) is 6.42. The Bertz CT molecular complexity index is 979. The molecule has 0 spiro atoms. The fraction of sp³-hybridized carbons (Fsp3) is 0.500. The minimum atomic E-state index is -0.426. The number of amides is 3. The molecule has 176 valence electrons. The highest BCUT2D eigenvalue weighted by Crippen LogP contribution is 2.23. The molecule has 0 unspecified atom stereocenters. The van der Waals surface area contributed by atoms with Gasteiger partial charge in [0.25, 0.3) is 5.91 Å². The maximum absolute atomic E-state index is 12.7. The van der Waals surface area contributed by atoms with Crippen molar-refractivity contribution in [3.05, 3.63) is 51.5 Å². The van der Waals surface area contributed by atoms with Crippen LogP contribution in [0.3, 0.4) is 0 Å². The van der Waals surface area contributed by atoms with Crippen LogP contribution in [0.4, 0.5) is 4.79 Å². The number of nitrogens with zero attached hydrogens (tertiary/aromatic N) is 4. The van der Waals surface area contributed by atoms with E-state index in [1.165, 1.54) is 0 Å². The molecule has 9 heteroatoms. The van der Waals surface area contributed by atoms with Crippen LogP contribution in [0.2, 0.25) is 0 Å². The molecular formula is C24H32N6O2S. The Balaban J connectivity index is 1.57. The summed E-state index contributed by atoms with van der Waals surface area (Å²) in [7, 11) is 0. The highest BCUT2D eigenvalue weighted by atomic mass is 32.1. The van der Waals surface area contributed by atoms with Crippen molar-refractivity contribution in [2.75, 3.05) is 19.6 Å².